The average molecular weight is 213 g/mol. The molecule has 2 N–H and O–H groups in total. The van der Waals surface area contributed by atoms with Crippen LogP contribution in [0.15, 0.2) is 0 Å². The van der Waals surface area contributed by atoms with Gasteiger partial charge in [0.25, 0.3) is 0 Å². The summed E-state index contributed by atoms with van der Waals surface area (Å²) in [5.41, 5.74) is 0. The first-order valence-electron chi connectivity index (χ1n) is 5.99. The second-order valence-corrected chi connectivity index (χ2v) is 4.23. The van der Waals surface area contributed by atoms with Crippen molar-refractivity contribution in [3.8, 4) is 0 Å². The fourth-order valence-electron chi connectivity index (χ4n) is 1.85. The molecule has 4 nitrogen and oxygen atoms in total. The van der Waals surface area contributed by atoms with Gasteiger partial charge in [-0.25, -0.2) is 4.79 Å². The number of likely N-dealkylation sites (tertiary alicyclic amines) is 1. The van der Waals surface area contributed by atoms with E-state index in [1.165, 1.54) is 25.9 Å². The number of carbonyl (C=O) groups excluding carboxylic acids is 1. The summed E-state index contributed by atoms with van der Waals surface area (Å²) in [7, 11) is 0. The molecule has 0 saturated carbocycles. The minimum absolute atomic E-state index is 0.0390. The van der Waals surface area contributed by atoms with Gasteiger partial charge in [0.1, 0.15) is 0 Å². The molecule has 0 spiro atoms. The third-order valence-corrected chi connectivity index (χ3v) is 2.86. The van der Waals surface area contributed by atoms with Gasteiger partial charge in [0.2, 0.25) is 0 Å². The summed E-state index contributed by atoms with van der Waals surface area (Å²) in [6.07, 6.45) is 3.58. The first-order valence-corrected chi connectivity index (χ1v) is 5.99. The summed E-state index contributed by atoms with van der Waals surface area (Å²) in [6, 6.07) is 0.419. The molecule has 4 heteroatoms. The van der Waals surface area contributed by atoms with Gasteiger partial charge in [-0.2, -0.15) is 0 Å². The maximum atomic E-state index is 11.3. The predicted molar refractivity (Wildman–Crippen MR) is 62.0 cm³/mol. The van der Waals surface area contributed by atoms with Crippen LogP contribution in [0.25, 0.3) is 0 Å². The van der Waals surface area contributed by atoms with Gasteiger partial charge in [-0.3, -0.25) is 4.90 Å². The molecule has 1 atom stereocenters. The van der Waals surface area contributed by atoms with Gasteiger partial charge in [-0.15, -0.1) is 0 Å². The van der Waals surface area contributed by atoms with E-state index in [2.05, 4.69) is 22.5 Å². The lowest BCUT2D eigenvalue weighted by atomic mass is 10.3. The quantitative estimate of drug-likeness (QED) is 0.720. The first kappa shape index (κ1) is 12.3. The largest absolute Gasteiger partial charge is 0.338 e. The summed E-state index contributed by atoms with van der Waals surface area (Å²) in [6.45, 7) is 8.08. The van der Waals surface area contributed by atoms with Crippen molar-refractivity contribution in [2.45, 2.75) is 39.2 Å². The van der Waals surface area contributed by atoms with Crippen LogP contribution >= 0.6 is 0 Å². The van der Waals surface area contributed by atoms with Crippen LogP contribution in [-0.4, -0.2) is 43.2 Å². The Hall–Kier alpha value is -0.770. The van der Waals surface area contributed by atoms with Crippen LogP contribution in [0.3, 0.4) is 0 Å². The SMILES string of the molecule is CCCNC(=O)NCC(C)N1CCCC1. The van der Waals surface area contributed by atoms with Crippen LogP contribution in [0, 0.1) is 0 Å². The molecule has 88 valence electrons. The van der Waals surface area contributed by atoms with Gasteiger partial charge < -0.3 is 10.6 Å². The molecule has 1 fully saturated rings. The number of urea groups is 1. The summed E-state index contributed by atoms with van der Waals surface area (Å²) < 4.78 is 0. The molecule has 2 amide bonds. The van der Waals surface area contributed by atoms with Crippen molar-refractivity contribution in [3.05, 3.63) is 0 Å². The maximum Gasteiger partial charge on any atom is 0.314 e. The second-order valence-electron chi connectivity index (χ2n) is 4.23. The highest BCUT2D eigenvalue weighted by atomic mass is 16.2. The maximum absolute atomic E-state index is 11.3. The van der Waals surface area contributed by atoms with Crippen LogP contribution in [0.5, 0.6) is 0 Å². The Balaban J connectivity index is 2.09. The van der Waals surface area contributed by atoms with E-state index in [4.69, 9.17) is 0 Å². The summed E-state index contributed by atoms with van der Waals surface area (Å²) in [4.78, 5) is 13.7. The Morgan fingerprint density at radius 1 is 1.33 bits per heavy atom. The number of carbonyl (C=O) groups is 1. The van der Waals surface area contributed by atoms with Gasteiger partial charge in [0.15, 0.2) is 0 Å². The van der Waals surface area contributed by atoms with Crippen molar-refractivity contribution in [2.75, 3.05) is 26.2 Å². The van der Waals surface area contributed by atoms with Gasteiger partial charge in [-0.05, 0) is 39.3 Å². The summed E-state index contributed by atoms with van der Waals surface area (Å²) in [5, 5.41) is 5.71. The molecule has 0 aromatic carbocycles. The highest BCUT2D eigenvalue weighted by molar-refractivity contribution is 5.73. The zero-order valence-electron chi connectivity index (χ0n) is 9.88. The standard InChI is InChI=1S/C11H23N3O/c1-3-6-12-11(15)13-9-10(2)14-7-4-5-8-14/h10H,3-9H2,1-2H3,(H2,12,13,15). The molecular weight excluding hydrogens is 190 g/mol. The third-order valence-electron chi connectivity index (χ3n) is 2.86. The molecule has 0 radical (unpaired) electrons. The van der Waals surface area contributed by atoms with E-state index in [0.29, 0.717) is 6.04 Å². The molecule has 1 heterocycles. The van der Waals surface area contributed by atoms with E-state index in [9.17, 15) is 4.79 Å². The van der Waals surface area contributed by atoms with E-state index < -0.39 is 0 Å². The summed E-state index contributed by atoms with van der Waals surface area (Å²) in [5.74, 6) is 0. The van der Waals surface area contributed by atoms with E-state index in [1.54, 1.807) is 0 Å². The fourth-order valence-corrected chi connectivity index (χ4v) is 1.85. The number of hydrogen-bond donors (Lipinski definition) is 2. The van der Waals surface area contributed by atoms with Gasteiger partial charge >= 0.3 is 6.03 Å². The van der Waals surface area contributed by atoms with E-state index in [0.717, 1.165) is 19.5 Å². The second kappa shape index (κ2) is 6.67. The molecule has 0 aromatic rings. The Bertz CT molecular complexity index is 190. The molecule has 0 aromatic heterocycles. The minimum atomic E-state index is -0.0390. The monoisotopic (exact) mass is 213 g/mol. The Morgan fingerprint density at radius 3 is 2.60 bits per heavy atom. The number of rotatable bonds is 5. The van der Waals surface area contributed by atoms with Crippen molar-refractivity contribution >= 4 is 6.03 Å². The molecule has 1 aliphatic heterocycles. The number of nitrogens with one attached hydrogen (secondary N) is 2. The fraction of sp³-hybridized carbons (Fsp3) is 0.909. The van der Waals surface area contributed by atoms with Crippen LogP contribution in [0.2, 0.25) is 0 Å². The van der Waals surface area contributed by atoms with Crippen LogP contribution in [-0.2, 0) is 0 Å². The highest BCUT2D eigenvalue weighted by Crippen LogP contribution is 2.10. The lowest BCUT2D eigenvalue weighted by Gasteiger charge is -2.23. The molecule has 1 unspecified atom stereocenters. The lowest BCUT2D eigenvalue weighted by molar-refractivity contribution is 0.226. The van der Waals surface area contributed by atoms with Gasteiger partial charge in [0.05, 0.1) is 0 Å². The van der Waals surface area contributed by atoms with Crippen molar-refractivity contribution in [2.24, 2.45) is 0 Å². The highest BCUT2D eigenvalue weighted by Gasteiger charge is 2.17. The van der Waals surface area contributed by atoms with Crippen molar-refractivity contribution in [3.63, 3.8) is 0 Å². The van der Waals surface area contributed by atoms with Crippen molar-refractivity contribution in [1.29, 1.82) is 0 Å². The first-order chi connectivity index (χ1) is 7.24. The van der Waals surface area contributed by atoms with Gasteiger partial charge in [-0.1, -0.05) is 6.92 Å². The molecule has 1 saturated heterocycles. The number of nitrogens with zero attached hydrogens (tertiary/aromatic N) is 1. The molecule has 1 aliphatic rings. The predicted octanol–water partition coefficient (Wildman–Crippen LogP) is 1.18. The molecule has 0 bridgehead atoms. The van der Waals surface area contributed by atoms with E-state index in [1.807, 2.05) is 6.92 Å². The zero-order chi connectivity index (χ0) is 11.1. The third kappa shape index (κ3) is 4.51. The average Bonchev–Trinajstić information content (AvgIpc) is 2.76. The summed E-state index contributed by atoms with van der Waals surface area (Å²) >= 11 is 0. The Kier molecular flexibility index (Phi) is 5.47. The molecule has 15 heavy (non-hydrogen) atoms. The van der Waals surface area contributed by atoms with Crippen LogP contribution in [0.1, 0.15) is 33.1 Å². The molecule has 0 aliphatic carbocycles. The van der Waals surface area contributed by atoms with Crippen LogP contribution in [0.4, 0.5) is 4.79 Å². The van der Waals surface area contributed by atoms with Crippen molar-refractivity contribution in [1.82, 2.24) is 15.5 Å². The number of hydrogen-bond acceptors (Lipinski definition) is 2. The smallest absolute Gasteiger partial charge is 0.314 e. The normalized spacial score (nSPS) is 18.8. The Labute approximate surface area is 92.4 Å². The molecular formula is C11H23N3O. The van der Waals surface area contributed by atoms with Crippen LogP contribution < -0.4 is 10.6 Å². The van der Waals surface area contributed by atoms with E-state index >= 15 is 0 Å². The number of amides is 2. The zero-order valence-corrected chi connectivity index (χ0v) is 9.88. The Morgan fingerprint density at radius 2 is 2.00 bits per heavy atom. The lowest BCUT2D eigenvalue weighted by Crippen LogP contribution is -2.44. The minimum Gasteiger partial charge on any atom is -0.338 e. The van der Waals surface area contributed by atoms with Gasteiger partial charge in [0, 0.05) is 19.1 Å². The molecule has 1 rings (SSSR count). The topological polar surface area (TPSA) is 44.4 Å². The van der Waals surface area contributed by atoms with Crippen molar-refractivity contribution < 1.29 is 4.79 Å². The van der Waals surface area contributed by atoms with E-state index in [-0.39, 0.29) is 6.03 Å².